The summed E-state index contributed by atoms with van der Waals surface area (Å²) in [6.07, 6.45) is 1.89. The highest BCUT2D eigenvalue weighted by atomic mass is 14.0. The molecule has 0 unspecified atom stereocenters. The van der Waals surface area contributed by atoms with Crippen LogP contribution in [0.5, 0.6) is 0 Å². The Bertz CT molecular complexity index is 246. The van der Waals surface area contributed by atoms with E-state index in [1.165, 1.54) is 16.7 Å². The van der Waals surface area contributed by atoms with Crippen molar-refractivity contribution in [1.82, 2.24) is 0 Å². The van der Waals surface area contributed by atoms with Gasteiger partial charge in [-0.05, 0) is 30.5 Å². The Morgan fingerprint density at radius 2 is 1.75 bits per heavy atom. The van der Waals surface area contributed by atoms with E-state index in [1.54, 1.807) is 0 Å². The molecule has 0 heteroatoms. The van der Waals surface area contributed by atoms with Gasteiger partial charge >= 0.3 is 0 Å². The zero-order valence-electron chi connectivity index (χ0n) is 8.52. The molecule has 0 saturated carbocycles. The lowest BCUT2D eigenvalue weighted by Gasteiger charge is -2.01. The highest BCUT2D eigenvalue weighted by Crippen LogP contribution is 2.12. The maximum Gasteiger partial charge on any atom is -0.0231 e. The SMILES string of the molecule is C=Cc1cccc(C)c1C.CC. The first-order valence-electron chi connectivity index (χ1n) is 4.44. The molecule has 0 fully saturated rings. The minimum atomic E-state index is 1.24. The standard InChI is InChI=1S/C10H12.C2H6/c1-4-10-7-5-6-8(2)9(10)3;1-2/h4-7H,1H2,2-3H3;1-2H3. The molecule has 0 aromatic heterocycles. The third kappa shape index (κ3) is 2.54. The van der Waals surface area contributed by atoms with Crippen LogP contribution in [0.1, 0.15) is 30.5 Å². The topological polar surface area (TPSA) is 0 Å². The van der Waals surface area contributed by atoms with Crippen LogP contribution in [0, 0.1) is 13.8 Å². The maximum absolute atomic E-state index is 3.73. The van der Waals surface area contributed by atoms with Crippen molar-refractivity contribution < 1.29 is 0 Å². The van der Waals surface area contributed by atoms with E-state index in [-0.39, 0.29) is 0 Å². The highest BCUT2D eigenvalue weighted by molar-refractivity contribution is 5.53. The number of rotatable bonds is 1. The summed E-state index contributed by atoms with van der Waals surface area (Å²) < 4.78 is 0. The minimum absolute atomic E-state index is 1.24. The van der Waals surface area contributed by atoms with Crippen molar-refractivity contribution in [3.8, 4) is 0 Å². The van der Waals surface area contributed by atoms with Crippen LogP contribution in [0.15, 0.2) is 24.8 Å². The fourth-order valence-corrected chi connectivity index (χ4v) is 0.995. The van der Waals surface area contributed by atoms with Crippen LogP contribution in [0.4, 0.5) is 0 Å². The van der Waals surface area contributed by atoms with Crippen LogP contribution in [0.2, 0.25) is 0 Å². The summed E-state index contributed by atoms with van der Waals surface area (Å²) in [6, 6.07) is 6.25. The van der Waals surface area contributed by atoms with Gasteiger partial charge in [-0.15, -0.1) is 0 Å². The summed E-state index contributed by atoms with van der Waals surface area (Å²) in [5.74, 6) is 0. The van der Waals surface area contributed by atoms with Crippen LogP contribution in [-0.4, -0.2) is 0 Å². The van der Waals surface area contributed by atoms with E-state index < -0.39 is 0 Å². The van der Waals surface area contributed by atoms with Crippen LogP contribution < -0.4 is 0 Å². The van der Waals surface area contributed by atoms with Crippen molar-refractivity contribution in [2.45, 2.75) is 27.7 Å². The summed E-state index contributed by atoms with van der Waals surface area (Å²) in [5.41, 5.74) is 3.90. The smallest absolute Gasteiger partial charge is 0.0231 e. The second-order valence-electron chi connectivity index (χ2n) is 2.49. The van der Waals surface area contributed by atoms with Crippen molar-refractivity contribution in [2.24, 2.45) is 0 Å². The Kier molecular flexibility index (Phi) is 5.11. The zero-order valence-corrected chi connectivity index (χ0v) is 8.52. The van der Waals surface area contributed by atoms with E-state index in [1.807, 2.05) is 19.9 Å². The van der Waals surface area contributed by atoms with Crippen molar-refractivity contribution in [2.75, 3.05) is 0 Å². The Morgan fingerprint density at radius 1 is 1.17 bits per heavy atom. The second-order valence-corrected chi connectivity index (χ2v) is 2.49. The summed E-state index contributed by atoms with van der Waals surface area (Å²) in [6.45, 7) is 12.0. The monoisotopic (exact) mass is 162 g/mol. The van der Waals surface area contributed by atoms with Gasteiger partial charge < -0.3 is 0 Å². The molecule has 0 spiro atoms. The van der Waals surface area contributed by atoms with Crippen molar-refractivity contribution >= 4 is 6.08 Å². The molecule has 1 aromatic carbocycles. The molecule has 0 atom stereocenters. The van der Waals surface area contributed by atoms with E-state index in [2.05, 4.69) is 38.6 Å². The minimum Gasteiger partial charge on any atom is -0.0985 e. The normalized spacial score (nSPS) is 8.33. The molecule has 66 valence electrons. The maximum atomic E-state index is 3.73. The molecule has 0 heterocycles. The molecule has 0 nitrogen and oxygen atoms in total. The molecule has 0 N–H and O–H groups in total. The van der Waals surface area contributed by atoms with Crippen molar-refractivity contribution in [1.29, 1.82) is 0 Å². The Hall–Kier alpha value is -1.04. The molecule has 1 aromatic rings. The Morgan fingerprint density at radius 3 is 2.17 bits per heavy atom. The summed E-state index contributed by atoms with van der Waals surface area (Å²) >= 11 is 0. The molecule has 0 bridgehead atoms. The number of aryl methyl sites for hydroxylation is 1. The van der Waals surface area contributed by atoms with E-state index in [0.29, 0.717) is 0 Å². The lowest BCUT2D eigenvalue weighted by Crippen LogP contribution is -1.83. The fourth-order valence-electron chi connectivity index (χ4n) is 0.995. The first-order chi connectivity index (χ1) is 5.75. The van der Waals surface area contributed by atoms with E-state index in [9.17, 15) is 0 Å². The lowest BCUT2D eigenvalue weighted by molar-refractivity contribution is 1.33. The van der Waals surface area contributed by atoms with Crippen molar-refractivity contribution in [3.05, 3.63) is 41.5 Å². The first kappa shape index (κ1) is 11.0. The fraction of sp³-hybridized carbons (Fsp3) is 0.333. The predicted molar refractivity (Wildman–Crippen MR) is 57.4 cm³/mol. The molecule has 0 aliphatic carbocycles. The number of hydrogen-bond donors (Lipinski definition) is 0. The van der Waals surface area contributed by atoms with E-state index in [0.717, 1.165) is 0 Å². The van der Waals surface area contributed by atoms with Crippen LogP contribution in [0.3, 0.4) is 0 Å². The lowest BCUT2D eigenvalue weighted by atomic mass is 10.0. The third-order valence-electron chi connectivity index (χ3n) is 1.87. The average Bonchev–Trinajstić information content (AvgIpc) is 2.13. The summed E-state index contributed by atoms with van der Waals surface area (Å²) in [7, 11) is 0. The quantitative estimate of drug-likeness (QED) is 0.586. The molecule has 1 rings (SSSR count). The molecular formula is C12H18. The van der Waals surface area contributed by atoms with Gasteiger partial charge in [0.2, 0.25) is 0 Å². The van der Waals surface area contributed by atoms with Gasteiger partial charge in [0, 0.05) is 0 Å². The van der Waals surface area contributed by atoms with Crippen molar-refractivity contribution in [3.63, 3.8) is 0 Å². The Labute approximate surface area is 75.9 Å². The van der Waals surface area contributed by atoms with Gasteiger partial charge in [0.25, 0.3) is 0 Å². The first-order valence-corrected chi connectivity index (χ1v) is 4.44. The number of hydrogen-bond acceptors (Lipinski definition) is 0. The van der Waals surface area contributed by atoms with Gasteiger partial charge in [-0.2, -0.15) is 0 Å². The molecule has 0 amide bonds. The van der Waals surface area contributed by atoms with Crippen LogP contribution in [0.25, 0.3) is 6.08 Å². The average molecular weight is 162 g/mol. The molecule has 0 radical (unpaired) electrons. The summed E-state index contributed by atoms with van der Waals surface area (Å²) in [4.78, 5) is 0. The van der Waals surface area contributed by atoms with Gasteiger partial charge in [0.15, 0.2) is 0 Å². The molecular weight excluding hydrogens is 144 g/mol. The highest BCUT2D eigenvalue weighted by Gasteiger charge is 1.93. The largest absolute Gasteiger partial charge is 0.0985 e. The van der Waals surface area contributed by atoms with Gasteiger partial charge in [-0.3, -0.25) is 0 Å². The molecule has 0 saturated heterocycles. The van der Waals surface area contributed by atoms with Gasteiger partial charge in [-0.1, -0.05) is 44.7 Å². The van der Waals surface area contributed by atoms with E-state index >= 15 is 0 Å². The second kappa shape index (κ2) is 5.59. The molecule has 12 heavy (non-hydrogen) atoms. The molecule has 0 aliphatic heterocycles. The van der Waals surface area contributed by atoms with E-state index in [4.69, 9.17) is 0 Å². The molecule has 0 aliphatic rings. The van der Waals surface area contributed by atoms with Gasteiger partial charge in [0.05, 0.1) is 0 Å². The third-order valence-corrected chi connectivity index (χ3v) is 1.87. The van der Waals surface area contributed by atoms with Crippen LogP contribution in [-0.2, 0) is 0 Å². The van der Waals surface area contributed by atoms with Gasteiger partial charge in [-0.25, -0.2) is 0 Å². The number of benzene rings is 1. The predicted octanol–water partition coefficient (Wildman–Crippen LogP) is 3.97. The van der Waals surface area contributed by atoms with Gasteiger partial charge in [0.1, 0.15) is 0 Å². The summed E-state index contributed by atoms with van der Waals surface area (Å²) in [5, 5.41) is 0. The Balaban J connectivity index is 0.000000561. The zero-order chi connectivity index (χ0) is 9.56. The van der Waals surface area contributed by atoms with Crippen LogP contribution >= 0.6 is 0 Å².